The van der Waals surface area contributed by atoms with Gasteiger partial charge < -0.3 is 9.24 Å². The van der Waals surface area contributed by atoms with Crippen molar-refractivity contribution in [3.05, 3.63) is 0 Å². The minimum absolute atomic E-state index is 1.15. The molecule has 0 aromatic carbocycles. The van der Waals surface area contributed by atoms with Crippen molar-refractivity contribution in [1.82, 2.24) is 0 Å². The zero-order chi connectivity index (χ0) is 4.12. The first-order valence-electron chi connectivity index (χ1n) is 2.06. The van der Waals surface area contributed by atoms with E-state index in [-0.39, 0.29) is 0 Å². The van der Waals surface area contributed by atoms with Crippen LogP contribution in [0.4, 0.5) is 0 Å². The van der Waals surface area contributed by atoms with Gasteiger partial charge >= 0.3 is 0 Å². The van der Waals surface area contributed by atoms with Crippen molar-refractivity contribution < 1.29 is 0 Å². The third-order valence-corrected chi connectivity index (χ3v) is 0.884. The van der Waals surface area contributed by atoms with Crippen LogP contribution in [0.25, 0.3) is 0 Å². The van der Waals surface area contributed by atoms with Gasteiger partial charge in [-0.25, -0.2) is 0 Å². The van der Waals surface area contributed by atoms with Gasteiger partial charge in [0.25, 0.3) is 0 Å². The molecule has 0 amide bonds. The summed E-state index contributed by atoms with van der Waals surface area (Å²) in [6.07, 6.45) is 3.75. The Morgan fingerprint density at radius 2 is 2.20 bits per heavy atom. The van der Waals surface area contributed by atoms with Gasteiger partial charge in [0.1, 0.15) is 0 Å². The molecule has 0 unspecified atom stereocenters. The van der Waals surface area contributed by atoms with E-state index in [1.807, 2.05) is 0 Å². The summed E-state index contributed by atoms with van der Waals surface area (Å²) >= 11 is 0. The van der Waals surface area contributed by atoms with Crippen molar-refractivity contribution in [3.8, 4) is 0 Å². The Morgan fingerprint density at radius 3 is 2.20 bits per heavy atom. The van der Waals surface area contributed by atoms with Crippen LogP contribution in [0.5, 0.6) is 0 Å². The Kier molecular flexibility index (Phi) is 4.81. The smallest absolute Gasteiger partial charge is 0.0584 e. The van der Waals surface area contributed by atoms with Gasteiger partial charge in [-0.05, 0) is 0 Å². The van der Waals surface area contributed by atoms with E-state index in [0.29, 0.717) is 0 Å². The lowest BCUT2D eigenvalue weighted by Gasteiger charge is -1.89. The van der Waals surface area contributed by atoms with E-state index in [1.165, 1.54) is 12.8 Å². The second-order valence-corrected chi connectivity index (χ2v) is 1.60. The highest BCUT2D eigenvalue weighted by molar-refractivity contribution is 7.16. The highest BCUT2D eigenvalue weighted by Crippen LogP contribution is 1.89. The van der Waals surface area contributed by atoms with Crippen LogP contribution in [0.3, 0.4) is 0 Å². The van der Waals surface area contributed by atoms with Crippen LogP contribution in [0.1, 0.15) is 19.8 Å². The molecule has 0 saturated carbocycles. The molecule has 0 heterocycles. The normalized spacial score (nSPS) is 8.40. The van der Waals surface area contributed by atoms with Gasteiger partial charge in [-0.2, -0.15) is 6.16 Å². The first-order chi connectivity index (χ1) is 2.41. The summed E-state index contributed by atoms with van der Waals surface area (Å²) in [6, 6.07) is 0. The van der Waals surface area contributed by atoms with Gasteiger partial charge in [0.15, 0.2) is 0 Å². The first kappa shape index (κ1) is 5.43. The van der Waals surface area contributed by atoms with Gasteiger partial charge in [0.2, 0.25) is 0 Å². The molecule has 0 aliphatic heterocycles. The molecule has 0 aromatic heterocycles. The lowest BCUT2D eigenvalue weighted by atomic mass is 10.4. The third-order valence-electron chi connectivity index (χ3n) is 0.530. The van der Waals surface area contributed by atoms with Crippen molar-refractivity contribution in [2.45, 2.75) is 19.8 Å². The van der Waals surface area contributed by atoms with Crippen LogP contribution in [-0.2, 0) is 0 Å². The summed E-state index contributed by atoms with van der Waals surface area (Å²) in [4.78, 5) is 0. The molecule has 5 heavy (non-hydrogen) atoms. The summed E-state index contributed by atoms with van der Waals surface area (Å²) in [5.41, 5.74) is 0. The van der Waals surface area contributed by atoms with Crippen molar-refractivity contribution in [3.63, 3.8) is 0 Å². The minimum atomic E-state index is 1.15. The Balaban J connectivity index is 2.19. The van der Waals surface area contributed by atoms with Gasteiger partial charge in [-0.3, -0.25) is 0 Å². The summed E-state index contributed by atoms with van der Waals surface area (Å²) in [5.74, 6) is 0. The van der Waals surface area contributed by atoms with Crippen LogP contribution in [0.2, 0.25) is 0 Å². The lowest BCUT2D eigenvalue weighted by molar-refractivity contribution is 0.897. The van der Waals surface area contributed by atoms with Crippen molar-refractivity contribution >= 4 is 9.24 Å². The summed E-state index contributed by atoms with van der Waals surface area (Å²) in [5, 5.41) is 0. The molecule has 0 aliphatic carbocycles. The number of hydrogen-bond acceptors (Lipinski definition) is 0. The highest BCUT2D eigenvalue weighted by atomic mass is 31.0. The average molecular weight is 89.1 g/mol. The van der Waals surface area contributed by atoms with Crippen molar-refractivity contribution in [2.75, 3.05) is 6.16 Å². The van der Waals surface area contributed by atoms with Crippen LogP contribution < -0.4 is 0 Å². The van der Waals surface area contributed by atoms with Crippen LogP contribution in [0.15, 0.2) is 0 Å². The molecular weight excluding hydrogens is 79.0 g/mol. The summed E-state index contributed by atoms with van der Waals surface area (Å²) in [6.45, 7) is 2.18. The number of rotatable bonds is 2. The molecule has 32 valence electrons. The molecule has 1 heteroatoms. The van der Waals surface area contributed by atoms with E-state index in [2.05, 4.69) is 16.2 Å². The van der Waals surface area contributed by atoms with Gasteiger partial charge in [-0.15, -0.1) is 0 Å². The third kappa shape index (κ3) is 4.43. The second-order valence-electron chi connectivity index (χ2n) is 1.10. The van der Waals surface area contributed by atoms with Crippen molar-refractivity contribution in [1.29, 1.82) is 0 Å². The molecule has 0 spiro atoms. The fourth-order valence-electron chi connectivity index (χ4n) is 0.177. The zero-order valence-corrected chi connectivity index (χ0v) is 4.62. The molecule has 0 aromatic rings. The Morgan fingerprint density at radius 1 is 1.60 bits per heavy atom. The van der Waals surface area contributed by atoms with Gasteiger partial charge in [0.05, 0.1) is 0 Å². The number of unbranched alkanes of at least 4 members (excludes halogenated alkanes) is 1. The molecule has 0 atom stereocenters. The predicted molar refractivity (Wildman–Crippen MR) is 28.1 cm³/mol. The molecule has 0 nitrogen and oxygen atoms in total. The summed E-state index contributed by atoms with van der Waals surface area (Å²) < 4.78 is 0. The van der Waals surface area contributed by atoms with E-state index in [1.54, 1.807) is 0 Å². The fourth-order valence-corrected chi connectivity index (χ4v) is 0.530. The molecule has 0 bridgehead atoms. The Hall–Kier alpha value is 0.430. The molecule has 0 saturated heterocycles. The van der Waals surface area contributed by atoms with E-state index >= 15 is 0 Å². The topological polar surface area (TPSA) is 0 Å². The van der Waals surface area contributed by atoms with Gasteiger partial charge in [-0.1, -0.05) is 19.8 Å². The lowest BCUT2D eigenvalue weighted by Crippen LogP contribution is -1.64. The first-order valence-corrected chi connectivity index (χ1v) is 2.77. The molecule has 0 N–H and O–H groups in total. The molecule has 0 rings (SSSR count). The average Bonchev–Trinajstić information content (AvgIpc) is 1.41. The number of hydrogen-bond donors (Lipinski definition) is 0. The second kappa shape index (κ2) is 4.43. The highest BCUT2D eigenvalue weighted by Gasteiger charge is 1.61. The summed E-state index contributed by atoms with van der Waals surface area (Å²) in [7, 11) is 3.35. The van der Waals surface area contributed by atoms with E-state index in [0.717, 1.165) is 6.16 Å². The molecule has 0 fully saturated rings. The Bertz CT molecular complexity index is 11.1. The Labute approximate surface area is 36.2 Å². The van der Waals surface area contributed by atoms with E-state index < -0.39 is 0 Å². The maximum atomic E-state index is 3.35. The molecule has 0 radical (unpaired) electrons. The maximum Gasteiger partial charge on any atom is -0.0584 e. The SMILES string of the molecule is CCCC[PH-]. The monoisotopic (exact) mass is 89.1 g/mol. The predicted octanol–water partition coefficient (Wildman–Crippen LogP) is 1.93. The van der Waals surface area contributed by atoms with E-state index in [9.17, 15) is 0 Å². The van der Waals surface area contributed by atoms with Crippen LogP contribution >= 0.6 is 9.24 Å². The largest absolute Gasteiger partial charge is 0.558 e. The van der Waals surface area contributed by atoms with Gasteiger partial charge in [0, 0.05) is 0 Å². The van der Waals surface area contributed by atoms with Crippen molar-refractivity contribution in [2.24, 2.45) is 0 Å². The minimum Gasteiger partial charge on any atom is -0.558 e. The molecular formula is C4H10P-. The maximum absolute atomic E-state index is 3.35. The fraction of sp³-hybridized carbons (Fsp3) is 1.00. The van der Waals surface area contributed by atoms with Crippen LogP contribution in [-0.4, -0.2) is 6.16 Å². The van der Waals surface area contributed by atoms with Crippen LogP contribution in [0, 0.1) is 0 Å². The standard InChI is InChI=1S/C4H10P/c1-2-3-4-5/h5H,2-4H2,1H3/q-1. The quantitative estimate of drug-likeness (QED) is 0.453. The molecule has 0 aliphatic rings. The van der Waals surface area contributed by atoms with E-state index in [4.69, 9.17) is 0 Å². The zero-order valence-electron chi connectivity index (χ0n) is 3.62.